The van der Waals surface area contributed by atoms with E-state index in [0.717, 1.165) is 0 Å². The van der Waals surface area contributed by atoms with Crippen LogP contribution in [0.3, 0.4) is 0 Å². The van der Waals surface area contributed by atoms with Crippen molar-refractivity contribution in [2.75, 3.05) is 32.7 Å². The number of guanidine groups is 1. The Kier molecular flexibility index (Phi) is 23.5. The van der Waals surface area contributed by atoms with Gasteiger partial charge in [0.15, 0.2) is 5.96 Å². The summed E-state index contributed by atoms with van der Waals surface area (Å²) in [5.74, 6) is -9.90. The van der Waals surface area contributed by atoms with E-state index in [0.29, 0.717) is 25.8 Å². The number of carbonyl (C=O) groups excluding carboxylic acids is 10. The highest BCUT2D eigenvalue weighted by molar-refractivity contribution is 5.97. The number of primary amides is 2. The summed E-state index contributed by atoms with van der Waals surface area (Å²) in [6.07, 6.45) is 0.180. The van der Waals surface area contributed by atoms with Crippen molar-refractivity contribution >= 4 is 71.0 Å². The minimum Gasteiger partial charge on any atom is -0.480 e. The molecule has 0 unspecified atom stereocenters. The predicted octanol–water partition coefficient (Wildman–Crippen LogP) is -6.67. The van der Waals surface area contributed by atoms with Gasteiger partial charge in [-0.25, -0.2) is 4.79 Å². The molecule has 26 heteroatoms. The van der Waals surface area contributed by atoms with Gasteiger partial charge in [0.05, 0.1) is 19.6 Å². The molecular weight excluding hydrogens is 820 g/mol. The second-order valence-electron chi connectivity index (χ2n) is 14.6. The molecule has 10 amide bonds. The SMILES string of the molecule is CC[C@H](C)[C@H](NC(=O)CNC(=O)[C@H](CCC(N)=O)NC(=O)[C@@H]1CCCN1C(=O)CN)C(=O)N[C@@H](C)C(=O)NCC(=O)N[C@@H](CCC(N)=O)C(=O)N[C@@H](CCCN=C(N)N)C(=O)O. The summed E-state index contributed by atoms with van der Waals surface area (Å²) in [7, 11) is 0. The average molecular weight is 883 g/mol. The third-order valence-corrected chi connectivity index (χ3v) is 9.66. The number of aliphatic imine (C=N–C) groups is 1. The van der Waals surface area contributed by atoms with Gasteiger partial charge in [-0.1, -0.05) is 20.3 Å². The first-order valence-corrected chi connectivity index (χ1v) is 20.0. The van der Waals surface area contributed by atoms with Gasteiger partial charge < -0.3 is 75.9 Å². The van der Waals surface area contributed by atoms with E-state index in [1.54, 1.807) is 13.8 Å². The van der Waals surface area contributed by atoms with Gasteiger partial charge in [0, 0.05) is 25.9 Å². The second kappa shape index (κ2) is 27.3. The average Bonchev–Trinajstić information content (AvgIpc) is 3.71. The molecule has 1 aliphatic rings. The molecule has 1 rings (SSSR count). The van der Waals surface area contributed by atoms with Crippen LogP contribution in [0.25, 0.3) is 0 Å². The lowest BCUT2D eigenvalue weighted by Gasteiger charge is -2.26. The molecule has 18 N–H and O–H groups in total. The Morgan fingerprint density at radius 1 is 0.710 bits per heavy atom. The number of amides is 10. The number of carboxylic acids is 1. The van der Waals surface area contributed by atoms with Gasteiger partial charge in [-0.2, -0.15) is 0 Å². The van der Waals surface area contributed by atoms with E-state index < -0.39 is 120 Å². The number of nitrogens with two attached hydrogens (primary N) is 5. The van der Waals surface area contributed by atoms with Gasteiger partial charge >= 0.3 is 5.97 Å². The number of nitrogens with one attached hydrogen (secondary N) is 7. The highest BCUT2D eigenvalue weighted by Gasteiger charge is 2.36. The monoisotopic (exact) mass is 882 g/mol. The summed E-state index contributed by atoms with van der Waals surface area (Å²) in [6.45, 7) is 3.36. The Bertz CT molecular complexity index is 1670. The van der Waals surface area contributed by atoms with Crippen molar-refractivity contribution in [1.82, 2.24) is 42.1 Å². The number of aliphatic carboxylic acids is 1. The molecule has 62 heavy (non-hydrogen) atoms. The van der Waals surface area contributed by atoms with Gasteiger partial charge in [-0.05, 0) is 51.4 Å². The van der Waals surface area contributed by atoms with E-state index in [2.05, 4.69) is 42.2 Å². The van der Waals surface area contributed by atoms with Crippen LogP contribution in [0.4, 0.5) is 0 Å². The first-order valence-electron chi connectivity index (χ1n) is 20.0. The highest BCUT2D eigenvalue weighted by atomic mass is 16.4. The molecule has 26 nitrogen and oxygen atoms in total. The molecular formula is C36H62N14O12. The summed E-state index contributed by atoms with van der Waals surface area (Å²) in [5.41, 5.74) is 26.4. The van der Waals surface area contributed by atoms with Crippen molar-refractivity contribution in [1.29, 1.82) is 0 Å². The Hall–Kier alpha value is -6.60. The van der Waals surface area contributed by atoms with Crippen molar-refractivity contribution < 1.29 is 57.8 Å². The fourth-order valence-electron chi connectivity index (χ4n) is 6.02. The lowest BCUT2D eigenvalue weighted by molar-refractivity contribution is -0.142. The number of rotatable bonds is 28. The molecule has 348 valence electrons. The Labute approximate surface area is 357 Å². The minimum atomic E-state index is -1.43. The number of carbonyl (C=O) groups is 11. The maximum Gasteiger partial charge on any atom is 0.326 e. The molecule has 0 aliphatic carbocycles. The van der Waals surface area contributed by atoms with Crippen LogP contribution in [-0.4, -0.2) is 150 Å². The minimum absolute atomic E-state index is 0.0748. The molecule has 1 fully saturated rings. The first kappa shape index (κ1) is 53.4. The van der Waals surface area contributed by atoms with Crippen LogP contribution in [0, 0.1) is 5.92 Å². The molecule has 1 heterocycles. The highest BCUT2D eigenvalue weighted by Crippen LogP contribution is 2.18. The zero-order valence-electron chi connectivity index (χ0n) is 35.2. The summed E-state index contributed by atoms with van der Waals surface area (Å²) in [5, 5.41) is 26.3. The van der Waals surface area contributed by atoms with Crippen LogP contribution in [-0.2, 0) is 52.7 Å². The summed E-state index contributed by atoms with van der Waals surface area (Å²) in [6, 6.07) is -7.51. The molecule has 0 radical (unpaired) electrons. The number of carboxylic acid groups (broad SMARTS) is 1. The Balaban J connectivity index is 2.86. The van der Waals surface area contributed by atoms with Crippen LogP contribution in [0.5, 0.6) is 0 Å². The van der Waals surface area contributed by atoms with Crippen molar-refractivity contribution in [3.8, 4) is 0 Å². The molecule has 0 saturated carbocycles. The number of nitrogens with zero attached hydrogens (tertiary/aromatic N) is 2. The number of hydrogen-bond acceptors (Lipinski definition) is 13. The first-order chi connectivity index (χ1) is 29.1. The largest absolute Gasteiger partial charge is 0.480 e. The molecule has 0 spiro atoms. The van der Waals surface area contributed by atoms with Gasteiger partial charge in [0.25, 0.3) is 0 Å². The van der Waals surface area contributed by atoms with Crippen molar-refractivity contribution in [2.45, 2.75) is 115 Å². The third kappa shape index (κ3) is 19.6. The lowest BCUT2D eigenvalue weighted by atomic mass is 9.98. The lowest BCUT2D eigenvalue weighted by Crippen LogP contribution is -2.57. The van der Waals surface area contributed by atoms with E-state index in [9.17, 15) is 57.8 Å². The number of likely N-dealkylation sites (tertiary alicyclic amines) is 1. The molecule has 7 atom stereocenters. The van der Waals surface area contributed by atoms with Crippen LogP contribution < -0.4 is 65.9 Å². The molecule has 1 aliphatic heterocycles. The normalized spacial score (nSPS) is 16.1. The van der Waals surface area contributed by atoms with Crippen molar-refractivity contribution in [3.63, 3.8) is 0 Å². The van der Waals surface area contributed by atoms with Gasteiger partial charge in [-0.15, -0.1) is 0 Å². The fourth-order valence-corrected chi connectivity index (χ4v) is 6.02. The maximum absolute atomic E-state index is 13.3. The van der Waals surface area contributed by atoms with Crippen LogP contribution in [0.15, 0.2) is 4.99 Å². The summed E-state index contributed by atoms with van der Waals surface area (Å²) >= 11 is 0. The third-order valence-electron chi connectivity index (χ3n) is 9.66. The molecule has 0 aromatic carbocycles. The standard InChI is InChI=1S/C36H62N14O12/c1-4-18(2)29(49-27(54)17-44-31(57)20(9-11-24(38)51)47-33(59)23-8-6-14-50(23)28(55)15-37)34(60)45-19(3)30(56)43-16-26(53)46-21(10-12-25(39)52)32(58)48-22(35(61)62)7-5-13-42-36(40)41/h18-23,29H,4-17,37H2,1-3H3,(H2,38,51)(H2,39,52)(H,43,56)(H,44,57)(H,45,60)(H,46,53)(H,47,59)(H,48,58)(H,49,54)(H,61,62)(H4,40,41,42)/t18-,19-,20-,21-,22-,23-,29-/m0/s1. The van der Waals surface area contributed by atoms with E-state index >= 15 is 0 Å². The zero-order valence-corrected chi connectivity index (χ0v) is 35.2. The Morgan fingerprint density at radius 2 is 1.27 bits per heavy atom. The van der Waals surface area contributed by atoms with Gasteiger partial charge in [-0.3, -0.25) is 52.9 Å². The van der Waals surface area contributed by atoms with Crippen LogP contribution in [0.1, 0.15) is 78.6 Å². The quantitative estimate of drug-likeness (QED) is 0.0197. The maximum atomic E-state index is 13.3. The Morgan fingerprint density at radius 3 is 1.81 bits per heavy atom. The predicted molar refractivity (Wildman–Crippen MR) is 219 cm³/mol. The van der Waals surface area contributed by atoms with E-state index in [4.69, 9.17) is 28.7 Å². The van der Waals surface area contributed by atoms with E-state index in [1.165, 1.54) is 11.8 Å². The van der Waals surface area contributed by atoms with Crippen molar-refractivity contribution in [3.05, 3.63) is 0 Å². The van der Waals surface area contributed by atoms with Crippen LogP contribution >= 0.6 is 0 Å². The second-order valence-corrected chi connectivity index (χ2v) is 14.6. The van der Waals surface area contributed by atoms with E-state index in [-0.39, 0.29) is 57.6 Å². The summed E-state index contributed by atoms with van der Waals surface area (Å²) in [4.78, 5) is 143. The summed E-state index contributed by atoms with van der Waals surface area (Å²) < 4.78 is 0. The molecule has 0 bridgehead atoms. The topological polar surface area (TPSA) is 438 Å². The van der Waals surface area contributed by atoms with Gasteiger partial charge in [0.1, 0.15) is 36.3 Å². The van der Waals surface area contributed by atoms with E-state index in [1.807, 2.05) is 0 Å². The molecule has 0 aromatic rings. The van der Waals surface area contributed by atoms with Gasteiger partial charge in [0.2, 0.25) is 59.1 Å². The van der Waals surface area contributed by atoms with Crippen molar-refractivity contribution in [2.24, 2.45) is 39.6 Å². The smallest absolute Gasteiger partial charge is 0.326 e. The molecule has 1 saturated heterocycles. The number of hydrogen-bond donors (Lipinski definition) is 13. The fraction of sp³-hybridized carbons (Fsp3) is 0.667. The molecule has 0 aromatic heterocycles. The zero-order chi connectivity index (χ0) is 47.1. The van der Waals surface area contributed by atoms with Crippen LogP contribution in [0.2, 0.25) is 0 Å².